The van der Waals surface area contributed by atoms with E-state index >= 15 is 0 Å². The maximum atomic E-state index is 12.6. The van der Waals surface area contributed by atoms with Gasteiger partial charge < -0.3 is 15.5 Å². The van der Waals surface area contributed by atoms with Crippen LogP contribution in [-0.4, -0.2) is 74.7 Å². The van der Waals surface area contributed by atoms with Crippen LogP contribution in [-0.2, 0) is 14.8 Å². The summed E-state index contributed by atoms with van der Waals surface area (Å²) in [4.78, 5) is 26.5. The summed E-state index contributed by atoms with van der Waals surface area (Å²) < 4.78 is 26.5. The molecule has 1 saturated heterocycles. The Morgan fingerprint density at radius 3 is 2.63 bits per heavy atom. The standard InChI is InChI=1S/C18H28N4O4S/c1-4-21(5-2)27(25,26)16-8-6-7-15(11-16)18(24)20-13-17(23)22-10-9-19-12-14(22)3/h6-8,11,14,19H,4-5,9-10,12-13H2,1-3H3,(H,20,24)/t14-/m0/s1. The minimum Gasteiger partial charge on any atom is -0.343 e. The van der Waals surface area contributed by atoms with Crippen LogP contribution >= 0.6 is 0 Å². The van der Waals surface area contributed by atoms with E-state index in [2.05, 4.69) is 10.6 Å². The third-order valence-corrected chi connectivity index (χ3v) is 6.71. The second kappa shape index (κ2) is 9.29. The molecule has 27 heavy (non-hydrogen) atoms. The van der Waals surface area contributed by atoms with E-state index in [0.717, 1.165) is 13.1 Å². The number of amides is 2. The van der Waals surface area contributed by atoms with Gasteiger partial charge in [-0.15, -0.1) is 0 Å². The van der Waals surface area contributed by atoms with Gasteiger partial charge in [0, 0.05) is 44.3 Å². The molecule has 0 aromatic heterocycles. The first-order valence-electron chi connectivity index (χ1n) is 9.19. The number of rotatable bonds is 7. The van der Waals surface area contributed by atoms with Gasteiger partial charge >= 0.3 is 0 Å². The fourth-order valence-corrected chi connectivity index (χ4v) is 4.59. The van der Waals surface area contributed by atoms with Crippen molar-refractivity contribution in [2.45, 2.75) is 31.7 Å². The fraction of sp³-hybridized carbons (Fsp3) is 0.556. The zero-order chi connectivity index (χ0) is 20.0. The number of hydrogen-bond donors (Lipinski definition) is 2. The van der Waals surface area contributed by atoms with Crippen LogP contribution in [0.3, 0.4) is 0 Å². The van der Waals surface area contributed by atoms with Gasteiger partial charge in [0.15, 0.2) is 0 Å². The Bertz CT molecular complexity index is 777. The van der Waals surface area contributed by atoms with Crippen molar-refractivity contribution >= 4 is 21.8 Å². The molecule has 1 atom stereocenters. The van der Waals surface area contributed by atoms with Gasteiger partial charge in [0.05, 0.1) is 11.4 Å². The number of piperazine rings is 1. The Balaban J connectivity index is 2.06. The lowest BCUT2D eigenvalue weighted by atomic mass is 10.2. The molecule has 1 aliphatic heterocycles. The number of nitrogens with one attached hydrogen (secondary N) is 2. The van der Waals surface area contributed by atoms with E-state index in [1.807, 2.05) is 6.92 Å². The van der Waals surface area contributed by atoms with Crippen molar-refractivity contribution in [1.82, 2.24) is 19.8 Å². The summed E-state index contributed by atoms with van der Waals surface area (Å²) in [6, 6.07) is 5.96. The summed E-state index contributed by atoms with van der Waals surface area (Å²) in [5.41, 5.74) is 0.212. The molecule has 0 unspecified atom stereocenters. The molecule has 1 aromatic carbocycles. The lowest BCUT2D eigenvalue weighted by molar-refractivity contribution is -0.132. The van der Waals surface area contributed by atoms with E-state index in [0.29, 0.717) is 19.6 Å². The van der Waals surface area contributed by atoms with Crippen molar-refractivity contribution in [3.05, 3.63) is 29.8 Å². The maximum Gasteiger partial charge on any atom is 0.251 e. The van der Waals surface area contributed by atoms with Crippen molar-refractivity contribution in [3.8, 4) is 0 Å². The van der Waals surface area contributed by atoms with Gasteiger partial charge in [0.25, 0.3) is 5.91 Å². The number of sulfonamides is 1. The summed E-state index contributed by atoms with van der Waals surface area (Å²) >= 11 is 0. The van der Waals surface area contributed by atoms with E-state index in [4.69, 9.17) is 0 Å². The minimum absolute atomic E-state index is 0.0703. The number of carbonyl (C=O) groups is 2. The molecule has 9 heteroatoms. The predicted molar refractivity (Wildman–Crippen MR) is 103 cm³/mol. The fourth-order valence-electron chi connectivity index (χ4n) is 3.08. The molecule has 0 bridgehead atoms. The van der Waals surface area contributed by atoms with E-state index in [-0.39, 0.29) is 29.0 Å². The zero-order valence-electron chi connectivity index (χ0n) is 16.1. The van der Waals surface area contributed by atoms with Crippen LogP contribution in [0, 0.1) is 0 Å². The molecular formula is C18H28N4O4S. The highest BCUT2D eigenvalue weighted by molar-refractivity contribution is 7.89. The SMILES string of the molecule is CCN(CC)S(=O)(=O)c1cccc(C(=O)NCC(=O)N2CCNC[C@@H]2C)c1. The van der Waals surface area contributed by atoms with Crippen molar-refractivity contribution < 1.29 is 18.0 Å². The van der Waals surface area contributed by atoms with Crippen LogP contribution in [0.2, 0.25) is 0 Å². The Morgan fingerprint density at radius 1 is 1.30 bits per heavy atom. The van der Waals surface area contributed by atoms with Crippen molar-refractivity contribution in [3.63, 3.8) is 0 Å². The lowest BCUT2D eigenvalue weighted by Gasteiger charge is -2.34. The molecule has 0 spiro atoms. The number of carbonyl (C=O) groups excluding carboxylic acids is 2. The first-order valence-corrected chi connectivity index (χ1v) is 10.6. The van der Waals surface area contributed by atoms with Gasteiger partial charge in [0.2, 0.25) is 15.9 Å². The second-order valence-corrected chi connectivity index (χ2v) is 8.38. The van der Waals surface area contributed by atoms with Crippen LogP contribution < -0.4 is 10.6 Å². The molecule has 2 amide bonds. The van der Waals surface area contributed by atoms with Crippen LogP contribution in [0.5, 0.6) is 0 Å². The van der Waals surface area contributed by atoms with E-state index in [9.17, 15) is 18.0 Å². The molecule has 0 saturated carbocycles. The first kappa shape index (κ1) is 21.3. The van der Waals surface area contributed by atoms with Crippen LogP contribution in [0.4, 0.5) is 0 Å². The monoisotopic (exact) mass is 396 g/mol. The summed E-state index contributed by atoms with van der Waals surface area (Å²) in [6.07, 6.45) is 0. The number of hydrogen-bond acceptors (Lipinski definition) is 5. The molecule has 0 radical (unpaired) electrons. The minimum atomic E-state index is -3.64. The molecule has 2 rings (SSSR count). The average molecular weight is 397 g/mol. The zero-order valence-corrected chi connectivity index (χ0v) is 16.9. The Labute approximate surface area is 161 Å². The molecule has 2 N–H and O–H groups in total. The van der Waals surface area contributed by atoms with Gasteiger partial charge in [-0.25, -0.2) is 8.42 Å². The predicted octanol–water partition coefficient (Wildman–Crippen LogP) is 0.267. The molecule has 150 valence electrons. The Hall–Kier alpha value is -1.97. The molecule has 1 fully saturated rings. The molecule has 8 nitrogen and oxygen atoms in total. The van der Waals surface area contributed by atoms with Gasteiger partial charge in [-0.2, -0.15) is 4.31 Å². The quantitative estimate of drug-likeness (QED) is 0.689. The highest BCUT2D eigenvalue weighted by Gasteiger charge is 2.24. The van der Waals surface area contributed by atoms with E-state index in [1.54, 1.807) is 18.7 Å². The topological polar surface area (TPSA) is 98.8 Å². The smallest absolute Gasteiger partial charge is 0.251 e. The van der Waals surface area contributed by atoms with Crippen molar-refractivity contribution in [1.29, 1.82) is 0 Å². The summed E-state index contributed by atoms with van der Waals surface area (Å²) in [5, 5.41) is 5.80. The highest BCUT2D eigenvalue weighted by Crippen LogP contribution is 2.17. The van der Waals surface area contributed by atoms with Gasteiger partial charge in [-0.3, -0.25) is 9.59 Å². The molecule has 0 aliphatic carbocycles. The number of nitrogens with zero attached hydrogens (tertiary/aromatic N) is 2. The summed E-state index contributed by atoms with van der Waals surface area (Å²) in [5.74, 6) is -0.619. The van der Waals surface area contributed by atoms with E-state index in [1.165, 1.54) is 28.6 Å². The summed E-state index contributed by atoms with van der Waals surface area (Å²) in [6.45, 7) is 8.14. The first-order chi connectivity index (χ1) is 12.8. The Morgan fingerprint density at radius 2 is 2.00 bits per heavy atom. The second-order valence-electron chi connectivity index (χ2n) is 6.44. The van der Waals surface area contributed by atoms with Gasteiger partial charge in [0.1, 0.15) is 0 Å². The van der Waals surface area contributed by atoms with Crippen LogP contribution in [0.25, 0.3) is 0 Å². The largest absolute Gasteiger partial charge is 0.343 e. The molecular weight excluding hydrogens is 368 g/mol. The molecule has 1 heterocycles. The molecule has 1 aliphatic rings. The summed E-state index contributed by atoms with van der Waals surface area (Å²) in [7, 11) is -3.64. The lowest BCUT2D eigenvalue weighted by Crippen LogP contribution is -2.54. The van der Waals surface area contributed by atoms with Gasteiger partial charge in [-0.05, 0) is 25.1 Å². The maximum absolute atomic E-state index is 12.6. The number of benzene rings is 1. The van der Waals surface area contributed by atoms with E-state index < -0.39 is 15.9 Å². The third-order valence-electron chi connectivity index (χ3n) is 4.66. The highest BCUT2D eigenvalue weighted by atomic mass is 32.2. The van der Waals surface area contributed by atoms with Crippen LogP contribution in [0.1, 0.15) is 31.1 Å². The van der Waals surface area contributed by atoms with Crippen LogP contribution in [0.15, 0.2) is 29.2 Å². The van der Waals surface area contributed by atoms with Crippen molar-refractivity contribution in [2.75, 3.05) is 39.3 Å². The van der Waals surface area contributed by atoms with Gasteiger partial charge in [-0.1, -0.05) is 19.9 Å². The average Bonchev–Trinajstić information content (AvgIpc) is 2.67. The Kier molecular flexibility index (Phi) is 7.34. The van der Waals surface area contributed by atoms with Crippen molar-refractivity contribution in [2.24, 2.45) is 0 Å². The molecule has 1 aromatic rings. The normalized spacial score (nSPS) is 17.8. The third kappa shape index (κ3) is 5.06.